The normalized spacial score (nSPS) is 18.9. The molecule has 3 rings (SSSR count). The molecule has 2 aromatic rings. The van der Waals surface area contributed by atoms with E-state index in [1.807, 2.05) is 30.3 Å². The number of anilines is 1. The Kier molecular flexibility index (Phi) is 5.08. The Morgan fingerprint density at radius 3 is 2.46 bits per heavy atom. The molecule has 0 aromatic heterocycles. The van der Waals surface area contributed by atoms with Crippen molar-refractivity contribution in [2.75, 3.05) is 11.4 Å². The van der Waals surface area contributed by atoms with Crippen LogP contribution in [0, 0.1) is 0 Å². The van der Waals surface area contributed by atoms with Crippen LogP contribution < -0.4 is 10.2 Å². The number of hydrogen-bond acceptors (Lipinski definition) is 4. The zero-order valence-corrected chi connectivity index (χ0v) is 14.4. The molecule has 0 saturated carbocycles. The number of carbonyl (C=O) groups is 2. The lowest BCUT2D eigenvalue weighted by Crippen LogP contribution is -2.40. The van der Waals surface area contributed by atoms with Crippen LogP contribution in [0.4, 0.5) is 5.69 Å². The molecule has 0 bridgehead atoms. The summed E-state index contributed by atoms with van der Waals surface area (Å²) in [5, 5.41) is 13.2. The van der Waals surface area contributed by atoms with Gasteiger partial charge in [0.25, 0.3) is 5.91 Å². The number of benzene rings is 2. The van der Waals surface area contributed by atoms with Crippen LogP contribution in [0.2, 0.25) is 0 Å². The Labute approximate surface area is 148 Å². The van der Waals surface area contributed by atoms with Crippen molar-refractivity contribution in [1.82, 2.24) is 5.32 Å². The van der Waals surface area contributed by atoms with Gasteiger partial charge in [0, 0.05) is 11.0 Å². The summed E-state index contributed by atoms with van der Waals surface area (Å²) in [6.07, 6.45) is -0.632. The molecule has 0 spiro atoms. The Morgan fingerprint density at radius 2 is 1.79 bits per heavy atom. The predicted octanol–water partition coefficient (Wildman–Crippen LogP) is 2.40. The smallest absolute Gasteiger partial charge is 0.251 e. The molecule has 0 aliphatic carbocycles. The van der Waals surface area contributed by atoms with Gasteiger partial charge in [-0.1, -0.05) is 46.3 Å². The number of hydrogen-bond donors (Lipinski definition) is 2. The maximum atomic E-state index is 12.5. The van der Waals surface area contributed by atoms with E-state index >= 15 is 0 Å². The molecule has 2 amide bonds. The minimum Gasteiger partial charge on any atom is -0.387 e. The van der Waals surface area contributed by atoms with Crippen LogP contribution in [0.3, 0.4) is 0 Å². The van der Waals surface area contributed by atoms with E-state index in [9.17, 15) is 14.7 Å². The van der Waals surface area contributed by atoms with Crippen molar-refractivity contribution in [2.45, 2.75) is 18.6 Å². The van der Waals surface area contributed by atoms with E-state index in [0.29, 0.717) is 5.69 Å². The van der Waals surface area contributed by atoms with E-state index in [1.165, 1.54) is 4.90 Å². The van der Waals surface area contributed by atoms with Crippen molar-refractivity contribution in [3.05, 3.63) is 64.6 Å². The van der Waals surface area contributed by atoms with Crippen LogP contribution in [-0.4, -0.2) is 29.5 Å². The average molecular weight is 389 g/mol. The van der Waals surface area contributed by atoms with Gasteiger partial charge < -0.3 is 10.4 Å². The quantitative estimate of drug-likeness (QED) is 0.771. The minimum absolute atomic E-state index is 0.0937. The van der Waals surface area contributed by atoms with Gasteiger partial charge in [0.05, 0.1) is 24.3 Å². The highest BCUT2D eigenvalue weighted by Crippen LogP contribution is 2.25. The van der Waals surface area contributed by atoms with Gasteiger partial charge >= 0.3 is 0 Å². The van der Waals surface area contributed by atoms with Gasteiger partial charge in [0.1, 0.15) is 0 Å². The Hall–Kier alpha value is -2.02. The number of rotatable bonds is 5. The molecule has 1 aliphatic heterocycles. The van der Waals surface area contributed by atoms with Gasteiger partial charge in [0.15, 0.2) is 0 Å². The Bertz CT molecular complexity index is 734. The van der Waals surface area contributed by atoms with Gasteiger partial charge in [-0.25, -0.2) is 4.90 Å². The standard InChI is InChI=1S/C18H17BrN2O3/c19-13-6-8-14(9-7-13)21-17(23)10-15(18(21)24)20-11-16(22)12-4-2-1-3-5-12/h1-9,15-16,20,22H,10-11H2/t15-,16+/m1/s1. The molecule has 1 saturated heterocycles. The highest BCUT2D eigenvalue weighted by atomic mass is 79.9. The first-order valence-corrected chi connectivity index (χ1v) is 8.44. The highest BCUT2D eigenvalue weighted by molar-refractivity contribution is 9.10. The van der Waals surface area contributed by atoms with Crippen molar-refractivity contribution in [3.8, 4) is 0 Å². The second kappa shape index (κ2) is 7.25. The molecule has 5 nitrogen and oxygen atoms in total. The number of amides is 2. The predicted molar refractivity (Wildman–Crippen MR) is 94.4 cm³/mol. The summed E-state index contributed by atoms with van der Waals surface area (Å²) in [6.45, 7) is 0.210. The third-order valence-electron chi connectivity index (χ3n) is 3.97. The molecule has 0 unspecified atom stereocenters. The van der Waals surface area contributed by atoms with Crippen LogP contribution in [0.1, 0.15) is 18.1 Å². The Morgan fingerprint density at radius 1 is 1.12 bits per heavy atom. The topological polar surface area (TPSA) is 69.6 Å². The first-order valence-electron chi connectivity index (χ1n) is 7.65. The molecule has 2 atom stereocenters. The summed E-state index contributed by atoms with van der Waals surface area (Å²) >= 11 is 3.33. The van der Waals surface area contributed by atoms with Gasteiger partial charge in [-0.3, -0.25) is 9.59 Å². The van der Waals surface area contributed by atoms with Crippen molar-refractivity contribution in [3.63, 3.8) is 0 Å². The molecule has 6 heteroatoms. The molecule has 1 heterocycles. The summed E-state index contributed by atoms with van der Waals surface area (Å²) in [7, 11) is 0. The second-order valence-electron chi connectivity index (χ2n) is 5.64. The number of aliphatic hydroxyl groups is 1. The van der Waals surface area contributed by atoms with E-state index in [4.69, 9.17) is 0 Å². The van der Waals surface area contributed by atoms with Crippen LogP contribution in [-0.2, 0) is 9.59 Å². The van der Waals surface area contributed by atoms with Crippen molar-refractivity contribution < 1.29 is 14.7 Å². The summed E-state index contributed by atoms with van der Waals surface area (Å²) in [5.74, 6) is -0.531. The largest absolute Gasteiger partial charge is 0.387 e. The number of nitrogens with zero attached hydrogens (tertiary/aromatic N) is 1. The highest BCUT2D eigenvalue weighted by Gasteiger charge is 2.39. The number of halogens is 1. The average Bonchev–Trinajstić information content (AvgIpc) is 2.88. The zero-order chi connectivity index (χ0) is 17.1. The van der Waals surface area contributed by atoms with Gasteiger partial charge in [-0.05, 0) is 29.8 Å². The van der Waals surface area contributed by atoms with Crippen molar-refractivity contribution in [1.29, 1.82) is 0 Å². The lowest BCUT2D eigenvalue weighted by molar-refractivity contribution is -0.121. The first kappa shape index (κ1) is 16.8. The molecule has 124 valence electrons. The third kappa shape index (κ3) is 3.56. The molecule has 24 heavy (non-hydrogen) atoms. The van der Waals surface area contributed by atoms with Crippen molar-refractivity contribution in [2.24, 2.45) is 0 Å². The zero-order valence-electron chi connectivity index (χ0n) is 12.9. The maximum Gasteiger partial charge on any atom is 0.251 e. The molecule has 1 fully saturated rings. The molecule has 2 N–H and O–H groups in total. The van der Waals surface area contributed by atoms with Crippen LogP contribution in [0.5, 0.6) is 0 Å². The summed E-state index contributed by atoms with van der Waals surface area (Å²) < 4.78 is 0.881. The number of imide groups is 1. The van der Waals surface area contributed by atoms with E-state index in [-0.39, 0.29) is 24.8 Å². The van der Waals surface area contributed by atoms with E-state index in [0.717, 1.165) is 10.0 Å². The number of nitrogens with one attached hydrogen (secondary N) is 1. The van der Waals surface area contributed by atoms with E-state index < -0.39 is 12.1 Å². The first-order chi connectivity index (χ1) is 11.6. The molecule has 0 radical (unpaired) electrons. The fourth-order valence-corrected chi connectivity index (χ4v) is 2.96. The molecule has 1 aliphatic rings. The lowest BCUT2D eigenvalue weighted by atomic mass is 10.1. The fraction of sp³-hybridized carbons (Fsp3) is 0.222. The number of aliphatic hydroxyl groups excluding tert-OH is 1. The van der Waals surface area contributed by atoms with Crippen LogP contribution in [0.15, 0.2) is 59.1 Å². The lowest BCUT2D eigenvalue weighted by Gasteiger charge is -2.17. The SMILES string of the molecule is O=C1C[C@@H](NC[C@H](O)c2ccccc2)C(=O)N1c1ccc(Br)cc1. The molecular formula is C18H17BrN2O3. The molecule has 2 aromatic carbocycles. The molecular weight excluding hydrogens is 372 g/mol. The van der Waals surface area contributed by atoms with Gasteiger partial charge in [0.2, 0.25) is 5.91 Å². The maximum absolute atomic E-state index is 12.5. The van der Waals surface area contributed by atoms with Crippen LogP contribution in [0.25, 0.3) is 0 Å². The Balaban J connectivity index is 1.65. The van der Waals surface area contributed by atoms with Gasteiger partial charge in [-0.2, -0.15) is 0 Å². The fourth-order valence-electron chi connectivity index (χ4n) is 2.70. The van der Waals surface area contributed by atoms with Crippen LogP contribution >= 0.6 is 15.9 Å². The number of carbonyl (C=O) groups excluding carboxylic acids is 2. The summed E-state index contributed by atoms with van der Waals surface area (Å²) in [5.41, 5.74) is 1.33. The third-order valence-corrected chi connectivity index (χ3v) is 4.50. The van der Waals surface area contributed by atoms with E-state index in [2.05, 4.69) is 21.2 Å². The monoisotopic (exact) mass is 388 g/mol. The minimum atomic E-state index is -0.726. The summed E-state index contributed by atoms with van der Waals surface area (Å²) in [4.78, 5) is 25.9. The second-order valence-corrected chi connectivity index (χ2v) is 6.55. The summed E-state index contributed by atoms with van der Waals surface area (Å²) in [6, 6.07) is 15.6. The van der Waals surface area contributed by atoms with E-state index in [1.54, 1.807) is 24.3 Å². The van der Waals surface area contributed by atoms with Gasteiger partial charge in [-0.15, -0.1) is 0 Å². The van der Waals surface area contributed by atoms with Crippen molar-refractivity contribution >= 4 is 33.4 Å².